The number of rotatable bonds is 2. The Bertz CT molecular complexity index is 331. The van der Waals surface area contributed by atoms with Gasteiger partial charge in [-0.05, 0) is 24.0 Å². The van der Waals surface area contributed by atoms with Crippen LogP contribution in [0.1, 0.15) is 17.5 Å². The van der Waals surface area contributed by atoms with Gasteiger partial charge in [0.2, 0.25) is 0 Å². The summed E-state index contributed by atoms with van der Waals surface area (Å²) >= 11 is 0. The molecule has 0 radical (unpaired) electrons. The molecule has 0 aromatic heterocycles. The molecule has 0 spiro atoms. The molecule has 0 unspecified atom stereocenters. The Kier molecular flexibility index (Phi) is 2.41. The third-order valence-electron chi connectivity index (χ3n) is 2.34. The summed E-state index contributed by atoms with van der Waals surface area (Å²) in [5, 5.41) is 0. The molecule has 0 saturated carbocycles. The fraction of sp³-hybridized carbons (Fsp3) is 0.364. The molecule has 2 heteroatoms. The smallest absolute Gasteiger partial charge is 0.137 e. The number of hydrogen-bond donors (Lipinski definition) is 0. The highest BCUT2D eigenvalue weighted by atomic mass is 16.5. The van der Waals surface area contributed by atoms with Crippen molar-refractivity contribution in [2.45, 2.75) is 12.8 Å². The number of nitrogens with zero attached hydrogens (tertiary/aromatic N) is 1. The zero-order chi connectivity index (χ0) is 9.10. The van der Waals surface area contributed by atoms with E-state index < -0.39 is 0 Å². The van der Waals surface area contributed by atoms with Crippen LogP contribution in [-0.4, -0.2) is 19.6 Å². The molecule has 0 aliphatic heterocycles. The van der Waals surface area contributed by atoms with E-state index in [-0.39, 0.29) is 0 Å². The standard InChI is InChI=1S/C11H13NO/c1-13-8-12-11-7-6-9-4-2-3-5-10(9)11/h2-5H,6-8H2,1H3. The first-order valence-electron chi connectivity index (χ1n) is 4.52. The van der Waals surface area contributed by atoms with Gasteiger partial charge in [-0.15, -0.1) is 0 Å². The first-order valence-corrected chi connectivity index (χ1v) is 4.52. The molecule has 68 valence electrons. The summed E-state index contributed by atoms with van der Waals surface area (Å²) in [6.07, 6.45) is 2.18. The van der Waals surface area contributed by atoms with E-state index in [0.717, 1.165) is 12.8 Å². The van der Waals surface area contributed by atoms with Crippen molar-refractivity contribution in [2.75, 3.05) is 13.8 Å². The van der Waals surface area contributed by atoms with E-state index in [4.69, 9.17) is 4.74 Å². The second-order valence-corrected chi connectivity index (χ2v) is 3.18. The number of methoxy groups -OCH3 is 1. The number of fused-ring (bicyclic) bond motifs is 1. The normalized spacial score (nSPS) is 17.8. The molecule has 2 rings (SSSR count). The summed E-state index contributed by atoms with van der Waals surface area (Å²) < 4.78 is 4.93. The van der Waals surface area contributed by atoms with Gasteiger partial charge in [-0.1, -0.05) is 24.3 Å². The molecule has 0 atom stereocenters. The third-order valence-corrected chi connectivity index (χ3v) is 2.34. The third kappa shape index (κ3) is 1.63. The van der Waals surface area contributed by atoms with Crippen molar-refractivity contribution >= 4 is 5.71 Å². The van der Waals surface area contributed by atoms with Gasteiger partial charge in [0.05, 0.1) is 0 Å². The highest BCUT2D eigenvalue weighted by molar-refractivity contribution is 6.04. The van der Waals surface area contributed by atoms with Crippen molar-refractivity contribution in [3.05, 3.63) is 35.4 Å². The molecule has 0 saturated heterocycles. The van der Waals surface area contributed by atoms with Crippen LogP contribution in [-0.2, 0) is 11.2 Å². The fourth-order valence-corrected chi connectivity index (χ4v) is 1.71. The van der Waals surface area contributed by atoms with Crippen molar-refractivity contribution < 1.29 is 4.74 Å². The topological polar surface area (TPSA) is 21.6 Å². The molecule has 0 heterocycles. The van der Waals surface area contributed by atoms with E-state index in [1.165, 1.54) is 16.8 Å². The van der Waals surface area contributed by atoms with Crippen LogP contribution >= 0.6 is 0 Å². The Balaban J connectivity index is 2.28. The van der Waals surface area contributed by atoms with Gasteiger partial charge >= 0.3 is 0 Å². The predicted octanol–water partition coefficient (Wildman–Crippen LogP) is 2.03. The van der Waals surface area contributed by atoms with Crippen LogP contribution in [0.15, 0.2) is 29.3 Å². The summed E-state index contributed by atoms with van der Waals surface area (Å²) in [5.74, 6) is 0. The molecule has 1 aliphatic carbocycles. The van der Waals surface area contributed by atoms with Crippen LogP contribution in [0.4, 0.5) is 0 Å². The van der Waals surface area contributed by atoms with Gasteiger partial charge in [-0.25, -0.2) is 0 Å². The van der Waals surface area contributed by atoms with E-state index in [2.05, 4.69) is 29.3 Å². The van der Waals surface area contributed by atoms with Crippen LogP contribution in [0, 0.1) is 0 Å². The van der Waals surface area contributed by atoms with Crippen LogP contribution < -0.4 is 0 Å². The van der Waals surface area contributed by atoms with Gasteiger partial charge in [0.1, 0.15) is 6.73 Å². The van der Waals surface area contributed by atoms with Crippen LogP contribution in [0.25, 0.3) is 0 Å². The van der Waals surface area contributed by atoms with Crippen molar-refractivity contribution in [1.82, 2.24) is 0 Å². The summed E-state index contributed by atoms with van der Waals surface area (Å²) in [5.41, 5.74) is 3.91. The highest BCUT2D eigenvalue weighted by Gasteiger charge is 2.15. The number of hydrogen-bond acceptors (Lipinski definition) is 2. The molecule has 2 nitrogen and oxygen atoms in total. The molecule has 13 heavy (non-hydrogen) atoms. The zero-order valence-corrected chi connectivity index (χ0v) is 7.79. The number of aryl methyl sites for hydroxylation is 1. The van der Waals surface area contributed by atoms with E-state index in [1.807, 2.05) is 0 Å². The Labute approximate surface area is 78.3 Å². The average molecular weight is 175 g/mol. The highest BCUT2D eigenvalue weighted by Crippen LogP contribution is 2.21. The average Bonchev–Trinajstić information content (AvgIpc) is 2.58. The first kappa shape index (κ1) is 8.45. The molecule has 1 aromatic carbocycles. The van der Waals surface area contributed by atoms with Crippen molar-refractivity contribution in [2.24, 2.45) is 4.99 Å². The van der Waals surface area contributed by atoms with Gasteiger partial charge in [0, 0.05) is 12.8 Å². The van der Waals surface area contributed by atoms with E-state index >= 15 is 0 Å². The maximum absolute atomic E-state index is 4.93. The number of ether oxygens (including phenoxy) is 1. The minimum absolute atomic E-state index is 0.476. The van der Waals surface area contributed by atoms with Crippen LogP contribution in [0.5, 0.6) is 0 Å². The Morgan fingerprint density at radius 2 is 2.15 bits per heavy atom. The lowest BCUT2D eigenvalue weighted by Crippen LogP contribution is -1.96. The van der Waals surface area contributed by atoms with Crippen LogP contribution in [0.2, 0.25) is 0 Å². The van der Waals surface area contributed by atoms with Crippen molar-refractivity contribution in [3.63, 3.8) is 0 Å². The SMILES string of the molecule is COCN=C1CCc2ccccc21. The molecular formula is C11H13NO. The minimum atomic E-state index is 0.476. The summed E-state index contributed by atoms with van der Waals surface area (Å²) in [6, 6.07) is 8.45. The molecule has 0 bridgehead atoms. The van der Waals surface area contributed by atoms with Gasteiger partial charge in [-0.2, -0.15) is 0 Å². The first-order chi connectivity index (χ1) is 6.42. The van der Waals surface area contributed by atoms with E-state index in [1.54, 1.807) is 7.11 Å². The lowest BCUT2D eigenvalue weighted by molar-refractivity contribution is 0.209. The lowest BCUT2D eigenvalue weighted by Gasteiger charge is -1.98. The minimum Gasteiger partial charge on any atom is -0.363 e. The molecule has 0 N–H and O–H groups in total. The van der Waals surface area contributed by atoms with Crippen molar-refractivity contribution in [3.8, 4) is 0 Å². The van der Waals surface area contributed by atoms with Crippen LogP contribution in [0.3, 0.4) is 0 Å². The molecular weight excluding hydrogens is 162 g/mol. The van der Waals surface area contributed by atoms with Gasteiger partial charge in [-0.3, -0.25) is 4.99 Å². The van der Waals surface area contributed by atoms with Crippen molar-refractivity contribution in [1.29, 1.82) is 0 Å². The Morgan fingerprint density at radius 1 is 1.31 bits per heavy atom. The second kappa shape index (κ2) is 3.71. The van der Waals surface area contributed by atoms with Gasteiger partial charge < -0.3 is 4.74 Å². The predicted molar refractivity (Wildman–Crippen MR) is 53.2 cm³/mol. The largest absolute Gasteiger partial charge is 0.363 e. The molecule has 1 aliphatic rings. The second-order valence-electron chi connectivity index (χ2n) is 3.18. The van der Waals surface area contributed by atoms with E-state index in [0.29, 0.717) is 6.73 Å². The molecule has 0 fully saturated rings. The lowest BCUT2D eigenvalue weighted by atomic mass is 10.1. The summed E-state index contributed by atoms with van der Waals surface area (Å²) in [7, 11) is 1.67. The fourth-order valence-electron chi connectivity index (χ4n) is 1.71. The molecule has 0 amide bonds. The van der Waals surface area contributed by atoms with Gasteiger partial charge in [0.25, 0.3) is 0 Å². The number of benzene rings is 1. The quantitative estimate of drug-likeness (QED) is 0.674. The Morgan fingerprint density at radius 3 is 3.00 bits per heavy atom. The zero-order valence-electron chi connectivity index (χ0n) is 7.79. The maximum atomic E-state index is 4.93. The van der Waals surface area contributed by atoms with E-state index in [9.17, 15) is 0 Å². The number of aliphatic imine (C=N–C) groups is 1. The van der Waals surface area contributed by atoms with Gasteiger partial charge in [0.15, 0.2) is 0 Å². The summed E-state index contributed by atoms with van der Waals surface area (Å²) in [6.45, 7) is 0.476. The maximum Gasteiger partial charge on any atom is 0.137 e. The molecule has 1 aromatic rings. The summed E-state index contributed by atoms with van der Waals surface area (Å²) in [4.78, 5) is 4.38. The Hall–Kier alpha value is -1.15. The monoisotopic (exact) mass is 175 g/mol.